The fourth-order valence-electron chi connectivity index (χ4n) is 5.40. The lowest BCUT2D eigenvalue weighted by Gasteiger charge is -2.31. The highest BCUT2D eigenvalue weighted by Gasteiger charge is 2.23. The molecule has 0 radical (unpaired) electrons. The molecule has 4 N–H and O–H groups in total. The van der Waals surface area contributed by atoms with Gasteiger partial charge >= 0.3 is 0 Å². The fourth-order valence-corrected chi connectivity index (χ4v) is 5.40. The van der Waals surface area contributed by atoms with Gasteiger partial charge in [-0.2, -0.15) is 0 Å². The highest BCUT2D eigenvalue weighted by Crippen LogP contribution is 2.30. The van der Waals surface area contributed by atoms with E-state index in [4.69, 9.17) is 9.93 Å². The lowest BCUT2D eigenvalue weighted by Crippen LogP contribution is -2.32. The SMILES string of the molecule is CCN1CCC(c2ccc(C(=N)c3c(NC)ncnc3NC3C=CC(Nc4cc(C(C)(C)C)on4)=CC3)cc2)CC1. The van der Waals surface area contributed by atoms with Crippen LogP contribution in [0.5, 0.6) is 0 Å². The summed E-state index contributed by atoms with van der Waals surface area (Å²) in [6, 6.07) is 10.5. The van der Waals surface area contributed by atoms with Gasteiger partial charge < -0.3 is 25.4 Å². The van der Waals surface area contributed by atoms with Gasteiger partial charge in [-0.15, -0.1) is 0 Å². The van der Waals surface area contributed by atoms with Gasteiger partial charge in [0.15, 0.2) is 5.82 Å². The zero-order valence-corrected chi connectivity index (χ0v) is 24.8. The number of nitrogens with one attached hydrogen (secondary N) is 4. The Labute approximate surface area is 243 Å². The number of rotatable bonds is 9. The average molecular weight is 555 g/mol. The van der Waals surface area contributed by atoms with E-state index in [2.05, 4.69) is 100 Å². The standard InChI is InChI=1S/C32H42N8O/c1-6-40-17-15-22(16-18-40)21-7-9-23(10-8-21)29(33)28-30(34-5)35-20-36-31(28)38-25-13-11-24(12-14-25)37-27-19-26(41-39-27)32(2,3)4/h7-13,19-20,22,25,33H,6,14-18H2,1-5H3,(H,37,39)(H2,34,35,36,38). The smallest absolute Gasteiger partial charge is 0.174 e. The lowest BCUT2D eigenvalue weighted by atomic mass is 9.88. The predicted molar refractivity (Wildman–Crippen MR) is 166 cm³/mol. The number of nitrogens with zero attached hydrogens (tertiary/aromatic N) is 4. The van der Waals surface area contributed by atoms with Crippen molar-refractivity contribution >= 4 is 23.2 Å². The third-order valence-electron chi connectivity index (χ3n) is 7.98. The molecule has 9 nitrogen and oxygen atoms in total. The third kappa shape index (κ3) is 6.68. The van der Waals surface area contributed by atoms with Crippen LogP contribution < -0.4 is 16.0 Å². The molecule has 1 fully saturated rings. The first-order chi connectivity index (χ1) is 19.7. The van der Waals surface area contributed by atoms with Crippen LogP contribution in [0.3, 0.4) is 0 Å². The molecule has 1 saturated heterocycles. The largest absolute Gasteiger partial charge is 0.372 e. The van der Waals surface area contributed by atoms with Gasteiger partial charge in [0.2, 0.25) is 0 Å². The maximum atomic E-state index is 9.12. The van der Waals surface area contributed by atoms with Gasteiger partial charge in [0.05, 0.1) is 11.3 Å². The molecule has 1 unspecified atom stereocenters. The van der Waals surface area contributed by atoms with Crippen LogP contribution >= 0.6 is 0 Å². The van der Waals surface area contributed by atoms with Crippen LogP contribution in [0, 0.1) is 5.41 Å². The highest BCUT2D eigenvalue weighted by atomic mass is 16.5. The van der Waals surface area contributed by atoms with E-state index in [1.54, 1.807) is 0 Å². The van der Waals surface area contributed by atoms with Crippen molar-refractivity contribution in [2.75, 3.05) is 42.6 Å². The number of hydrogen-bond donors (Lipinski definition) is 4. The van der Waals surface area contributed by atoms with Gasteiger partial charge in [-0.25, -0.2) is 9.97 Å². The first kappa shape index (κ1) is 28.5. The monoisotopic (exact) mass is 554 g/mol. The second-order valence-corrected chi connectivity index (χ2v) is 11.9. The molecule has 1 atom stereocenters. The number of hydrogen-bond acceptors (Lipinski definition) is 9. The van der Waals surface area contributed by atoms with Gasteiger partial charge in [-0.1, -0.05) is 69.3 Å². The van der Waals surface area contributed by atoms with E-state index in [1.807, 2.05) is 19.2 Å². The Morgan fingerprint density at radius 3 is 2.44 bits per heavy atom. The molecule has 216 valence electrons. The second-order valence-electron chi connectivity index (χ2n) is 11.9. The van der Waals surface area contributed by atoms with E-state index >= 15 is 0 Å². The predicted octanol–water partition coefficient (Wildman–Crippen LogP) is 6.16. The Morgan fingerprint density at radius 2 is 1.83 bits per heavy atom. The molecule has 41 heavy (non-hydrogen) atoms. The number of aromatic nitrogens is 3. The van der Waals surface area contributed by atoms with Gasteiger partial charge in [0.1, 0.15) is 23.7 Å². The molecule has 0 saturated carbocycles. The van der Waals surface area contributed by atoms with Gasteiger partial charge in [0, 0.05) is 35.8 Å². The van der Waals surface area contributed by atoms with Crippen molar-refractivity contribution in [2.24, 2.45) is 0 Å². The molecule has 2 aliphatic rings. The average Bonchev–Trinajstić information content (AvgIpc) is 3.47. The van der Waals surface area contributed by atoms with E-state index in [1.165, 1.54) is 24.7 Å². The van der Waals surface area contributed by atoms with Crippen molar-refractivity contribution in [1.82, 2.24) is 20.0 Å². The van der Waals surface area contributed by atoms with Crippen LogP contribution in [0.15, 0.2) is 65.1 Å². The normalized spacial score (nSPS) is 18.2. The third-order valence-corrected chi connectivity index (χ3v) is 7.98. The molecule has 3 aromatic rings. The second kappa shape index (κ2) is 12.3. The van der Waals surface area contributed by atoms with Gasteiger partial charge in [0.25, 0.3) is 0 Å². The molecular formula is C32H42N8O. The van der Waals surface area contributed by atoms with E-state index in [0.717, 1.165) is 43.1 Å². The number of benzene rings is 1. The first-order valence-corrected chi connectivity index (χ1v) is 14.6. The number of piperidine rings is 1. The van der Waals surface area contributed by atoms with E-state index < -0.39 is 0 Å². The minimum absolute atomic E-state index is 0.0190. The molecule has 3 heterocycles. The number of likely N-dealkylation sites (tertiary alicyclic amines) is 1. The zero-order chi connectivity index (χ0) is 29.0. The minimum Gasteiger partial charge on any atom is -0.372 e. The topological polar surface area (TPSA) is 115 Å². The van der Waals surface area contributed by atoms with Crippen molar-refractivity contribution in [3.8, 4) is 0 Å². The Balaban J connectivity index is 1.26. The Hall–Kier alpha value is -3.98. The van der Waals surface area contributed by atoms with Crippen LogP contribution in [-0.4, -0.2) is 58.5 Å². The van der Waals surface area contributed by atoms with Crippen LogP contribution in [0.2, 0.25) is 0 Å². The van der Waals surface area contributed by atoms with Crippen molar-refractivity contribution < 1.29 is 4.52 Å². The maximum Gasteiger partial charge on any atom is 0.174 e. The minimum atomic E-state index is -0.0950. The van der Waals surface area contributed by atoms with Crippen molar-refractivity contribution in [1.29, 1.82) is 5.41 Å². The summed E-state index contributed by atoms with van der Waals surface area (Å²) in [6.07, 6.45) is 10.9. The van der Waals surface area contributed by atoms with Crippen LogP contribution in [0.25, 0.3) is 0 Å². The summed E-state index contributed by atoms with van der Waals surface area (Å²) >= 11 is 0. The fraction of sp³-hybridized carbons (Fsp3) is 0.438. The molecule has 0 bridgehead atoms. The molecule has 2 aromatic heterocycles. The van der Waals surface area contributed by atoms with Crippen molar-refractivity contribution in [3.05, 3.63) is 83.0 Å². The number of allylic oxidation sites excluding steroid dienone is 1. The summed E-state index contributed by atoms with van der Waals surface area (Å²) in [5.74, 6) is 3.38. The quantitative estimate of drug-likeness (QED) is 0.233. The van der Waals surface area contributed by atoms with Crippen molar-refractivity contribution in [2.45, 2.75) is 64.3 Å². The molecule has 9 heteroatoms. The van der Waals surface area contributed by atoms with E-state index in [9.17, 15) is 0 Å². The highest BCUT2D eigenvalue weighted by molar-refractivity contribution is 6.16. The Bertz CT molecular complexity index is 1410. The van der Waals surface area contributed by atoms with E-state index in [-0.39, 0.29) is 11.5 Å². The van der Waals surface area contributed by atoms with Crippen molar-refractivity contribution in [3.63, 3.8) is 0 Å². The summed E-state index contributed by atoms with van der Waals surface area (Å²) < 4.78 is 5.49. The molecule has 1 aliphatic carbocycles. The summed E-state index contributed by atoms with van der Waals surface area (Å²) in [5.41, 5.74) is 4.13. The van der Waals surface area contributed by atoms with Crippen LogP contribution in [0.4, 0.5) is 17.5 Å². The first-order valence-electron chi connectivity index (χ1n) is 14.6. The molecule has 0 spiro atoms. The Morgan fingerprint density at radius 1 is 1.10 bits per heavy atom. The van der Waals surface area contributed by atoms with Gasteiger partial charge in [-0.3, -0.25) is 5.41 Å². The zero-order valence-electron chi connectivity index (χ0n) is 24.8. The van der Waals surface area contributed by atoms with Gasteiger partial charge in [-0.05, 0) is 56.5 Å². The lowest BCUT2D eigenvalue weighted by molar-refractivity contribution is 0.222. The van der Waals surface area contributed by atoms with Crippen LogP contribution in [0.1, 0.15) is 75.3 Å². The Kier molecular flexibility index (Phi) is 8.54. The maximum absolute atomic E-state index is 9.12. The summed E-state index contributed by atoms with van der Waals surface area (Å²) in [5, 5.41) is 23.3. The summed E-state index contributed by atoms with van der Waals surface area (Å²) in [4.78, 5) is 11.5. The molecule has 1 aliphatic heterocycles. The summed E-state index contributed by atoms with van der Waals surface area (Å²) in [7, 11) is 1.82. The number of anilines is 3. The van der Waals surface area contributed by atoms with Crippen LogP contribution in [-0.2, 0) is 5.41 Å². The summed E-state index contributed by atoms with van der Waals surface area (Å²) in [6.45, 7) is 12.0. The molecular weight excluding hydrogens is 512 g/mol. The van der Waals surface area contributed by atoms with E-state index in [0.29, 0.717) is 34.6 Å². The molecule has 5 rings (SSSR count). The molecule has 1 aromatic carbocycles. The molecule has 0 amide bonds.